The van der Waals surface area contributed by atoms with Crippen LogP contribution in [-0.2, 0) is 18.1 Å². The van der Waals surface area contributed by atoms with Crippen LogP contribution in [0.25, 0.3) is 17.0 Å². The highest BCUT2D eigenvalue weighted by Crippen LogP contribution is 2.37. The Morgan fingerprint density at radius 3 is 2.46 bits per heavy atom. The first-order chi connectivity index (χ1) is 12.0. The van der Waals surface area contributed by atoms with Crippen molar-refractivity contribution >= 4 is 25.3 Å². The van der Waals surface area contributed by atoms with Crippen molar-refractivity contribution in [1.29, 1.82) is 0 Å². The van der Waals surface area contributed by atoms with Crippen LogP contribution >= 0.6 is 0 Å². The molecule has 26 heavy (non-hydrogen) atoms. The van der Waals surface area contributed by atoms with Gasteiger partial charge in [0.15, 0.2) is 8.32 Å². The molecule has 142 valence electrons. The molecule has 4 heteroatoms. The molecule has 0 bridgehead atoms. The summed E-state index contributed by atoms with van der Waals surface area (Å²) in [7, 11) is 0.276. The minimum Gasteiger partial charge on any atom is -0.411 e. The first-order valence-corrected chi connectivity index (χ1v) is 12.1. The van der Waals surface area contributed by atoms with Crippen LogP contribution in [0, 0.1) is 0 Å². The van der Waals surface area contributed by atoms with Crippen LogP contribution in [0.3, 0.4) is 0 Å². The minimum atomic E-state index is -1.80. The number of fused-ring (bicyclic) bond motifs is 1. The molecule has 1 aromatic heterocycles. The Morgan fingerprint density at radius 2 is 1.92 bits per heavy atom. The number of aromatic nitrogens is 1. The number of aryl methyl sites for hydroxylation is 1. The molecule has 0 saturated carbocycles. The zero-order valence-corrected chi connectivity index (χ0v) is 18.3. The fraction of sp³-hybridized carbons (Fsp3) is 0.455. The summed E-state index contributed by atoms with van der Waals surface area (Å²) in [4.78, 5) is 0. The van der Waals surface area contributed by atoms with Gasteiger partial charge >= 0.3 is 0 Å². The lowest BCUT2D eigenvalue weighted by molar-refractivity contribution is 0.228. The molecule has 1 aromatic carbocycles. The normalized spacial score (nSPS) is 14.3. The number of allylic oxidation sites excluding steroid dienone is 1. The van der Waals surface area contributed by atoms with E-state index in [1.807, 2.05) is 13.0 Å². The molecule has 0 amide bonds. The number of aliphatic hydroxyl groups excluding tert-OH is 1. The van der Waals surface area contributed by atoms with Crippen molar-refractivity contribution in [3.63, 3.8) is 0 Å². The summed E-state index contributed by atoms with van der Waals surface area (Å²) in [5.41, 5.74) is 4.12. The summed E-state index contributed by atoms with van der Waals surface area (Å²) in [6.07, 6.45) is 4.84. The maximum absolute atomic E-state index is 10.4. The lowest BCUT2D eigenvalue weighted by atomic mass is 9.99. The molecule has 0 aliphatic heterocycles. The van der Waals surface area contributed by atoms with Crippen LogP contribution in [0.15, 0.2) is 36.9 Å². The molecule has 0 aliphatic carbocycles. The predicted octanol–water partition coefficient (Wildman–Crippen LogP) is 5.95. The monoisotopic (exact) mass is 371 g/mol. The number of rotatable bonds is 6. The van der Waals surface area contributed by atoms with Crippen LogP contribution in [-0.4, -0.2) is 18.0 Å². The maximum atomic E-state index is 10.4. The number of hydrogen-bond acceptors (Lipinski definition) is 2. The second-order valence-corrected chi connectivity index (χ2v) is 13.3. The number of aliphatic hydroxyl groups is 1. The molecular weight excluding hydrogens is 338 g/mol. The first kappa shape index (κ1) is 20.7. The first-order valence-electron chi connectivity index (χ1n) is 9.21. The third-order valence-corrected chi connectivity index (χ3v) is 10.1. The molecule has 0 fully saturated rings. The summed E-state index contributed by atoms with van der Waals surface area (Å²) in [5, 5.41) is 11.7. The summed E-state index contributed by atoms with van der Waals surface area (Å²) in [5.74, 6) is 0. The van der Waals surface area contributed by atoms with E-state index in [0.717, 1.165) is 27.7 Å². The van der Waals surface area contributed by atoms with Gasteiger partial charge in [-0.2, -0.15) is 0 Å². The van der Waals surface area contributed by atoms with Gasteiger partial charge in [-0.1, -0.05) is 45.6 Å². The minimum absolute atomic E-state index is 0.192. The fourth-order valence-corrected chi connectivity index (χ4v) is 3.75. The topological polar surface area (TPSA) is 34.4 Å². The molecule has 0 saturated heterocycles. The molecule has 2 aromatic rings. The van der Waals surface area contributed by atoms with E-state index in [0.29, 0.717) is 6.61 Å². The van der Waals surface area contributed by atoms with E-state index in [-0.39, 0.29) is 5.04 Å². The van der Waals surface area contributed by atoms with Gasteiger partial charge in [-0.15, -0.1) is 0 Å². The molecule has 3 nitrogen and oxygen atoms in total. The zero-order valence-electron chi connectivity index (χ0n) is 17.3. The zero-order chi connectivity index (χ0) is 19.7. The molecule has 1 atom stereocenters. The van der Waals surface area contributed by atoms with Gasteiger partial charge in [0.1, 0.15) is 0 Å². The lowest BCUT2D eigenvalue weighted by Gasteiger charge is -2.36. The van der Waals surface area contributed by atoms with Gasteiger partial charge in [0.25, 0.3) is 0 Å². The van der Waals surface area contributed by atoms with Crippen LogP contribution < -0.4 is 0 Å². The van der Waals surface area contributed by atoms with Crippen molar-refractivity contribution in [2.45, 2.75) is 58.5 Å². The van der Waals surface area contributed by atoms with E-state index in [2.05, 4.69) is 70.3 Å². The quantitative estimate of drug-likeness (QED) is 0.503. The van der Waals surface area contributed by atoms with Crippen LogP contribution in [0.1, 0.15) is 50.6 Å². The van der Waals surface area contributed by atoms with Crippen molar-refractivity contribution in [3.05, 3.63) is 53.8 Å². The third kappa shape index (κ3) is 4.03. The van der Waals surface area contributed by atoms with E-state index in [1.54, 1.807) is 12.2 Å². The lowest BCUT2D eigenvalue weighted by Crippen LogP contribution is -2.40. The highest BCUT2D eigenvalue weighted by atomic mass is 28.4. The van der Waals surface area contributed by atoms with Crippen LogP contribution in [0.5, 0.6) is 0 Å². The maximum Gasteiger partial charge on any atom is 0.192 e. The highest BCUT2D eigenvalue weighted by molar-refractivity contribution is 6.74. The van der Waals surface area contributed by atoms with E-state index < -0.39 is 14.4 Å². The second-order valence-electron chi connectivity index (χ2n) is 8.46. The molecule has 1 N–H and O–H groups in total. The molecule has 1 heterocycles. The van der Waals surface area contributed by atoms with Gasteiger partial charge < -0.3 is 14.1 Å². The Morgan fingerprint density at radius 1 is 1.27 bits per heavy atom. The summed E-state index contributed by atoms with van der Waals surface area (Å²) >= 11 is 0. The number of benzene rings is 1. The Labute approximate surface area is 159 Å². The van der Waals surface area contributed by atoms with Gasteiger partial charge in [-0.3, -0.25) is 0 Å². The largest absolute Gasteiger partial charge is 0.411 e. The summed E-state index contributed by atoms with van der Waals surface area (Å²) in [6.45, 7) is 17.7. The van der Waals surface area contributed by atoms with E-state index >= 15 is 0 Å². The molecule has 1 unspecified atom stereocenters. The third-order valence-electron chi connectivity index (χ3n) is 5.65. The van der Waals surface area contributed by atoms with Crippen molar-refractivity contribution in [2.75, 3.05) is 0 Å². The Balaban J connectivity index is 2.42. The Hall–Kier alpha value is -1.62. The number of nitrogens with zero attached hydrogens (tertiary/aromatic N) is 1. The molecule has 2 rings (SSSR count). The summed E-state index contributed by atoms with van der Waals surface area (Å²) < 4.78 is 8.58. The number of hydrogen-bond donors (Lipinski definition) is 1. The average Bonchev–Trinajstić information content (AvgIpc) is 2.86. The van der Waals surface area contributed by atoms with Gasteiger partial charge in [-0.05, 0) is 54.4 Å². The van der Waals surface area contributed by atoms with Crippen molar-refractivity contribution in [2.24, 2.45) is 7.05 Å². The van der Waals surface area contributed by atoms with Gasteiger partial charge in [0.05, 0.1) is 12.7 Å². The molecular formula is C22H33NO2Si. The van der Waals surface area contributed by atoms with Gasteiger partial charge in [-0.25, -0.2) is 0 Å². The van der Waals surface area contributed by atoms with Crippen LogP contribution in [0.2, 0.25) is 18.1 Å². The molecule has 0 spiro atoms. The standard InChI is InChI=1S/C22H33NO2Si/c1-9-11-21(24)19-13-17-12-18(15-25-26(7,8)22(3,4)5)23(6)20(17)14-16(19)10-2/h9-14,21,24H,2,15H2,1,3-8H3. The predicted molar refractivity (Wildman–Crippen MR) is 115 cm³/mol. The average molecular weight is 372 g/mol. The SMILES string of the molecule is C=Cc1cc2c(cc1C(O)C=CC)cc(CO[Si](C)(C)C(C)(C)C)n2C. The summed E-state index contributed by atoms with van der Waals surface area (Å²) in [6, 6.07) is 6.33. The Kier molecular flexibility index (Phi) is 6.01. The fourth-order valence-electron chi connectivity index (χ4n) is 2.80. The molecule has 0 radical (unpaired) electrons. The van der Waals surface area contributed by atoms with E-state index in [4.69, 9.17) is 4.43 Å². The smallest absolute Gasteiger partial charge is 0.192 e. The van der Waals surface area contributed by atoms with Gasteiger partial charge in [0, 0.05) is 23.6 Å². The van der Waals surface area contributed by atoms with Gasteiger partial charge in [0.2, 0.25) is 0 Å². The van der Waals surface area contributed by atoms with Crippen molar-refractivity contribution in [1.82, 2.24) is 4.57 Å². The van der Waals surface area contributed by atoms with Crippen molar-refractivity contribution < 1.29 is 9.53 Å². The Bertz CT molecular complexity index is 825. The van der Waals surface area contributed by atoms with Crippen LogP contribution in [0.4, 0.5) is 0 Å². The molecule has 0 aliphatic rings. The highest BCUT2D eigenvalue weighted by Gasteiger charge is 2.37. The van der Waals surface area contributed by atoms with E-state index in [1.165, 1.54) is 0 Å². The van der Waals surface area contributed by atoms with Crippen molar-refractivity contribution in [3.8, 4) is 0 Å². The van der Waals surface area contributed by atoms with E-state index in [9.17, 15) is 5.11 Å². The second kappa shape index (κ2) is 7.55.